The van der Waals surface area contributed by atoms with E-state index in [1.807, 2.05) is 6.07 Å². The smallest absolute Gasteiger partial charge is 0.331 e. The fourth-order valence-electron chi connectivity index (χ4n) is 2.03. The van der Waals surface area contributed by atoms with Gasteiger partial charge in [-0.1, -0.05) is 6.07 Å². The number of nitrogens with one attached hydrogen (secondary N) is 1. The maximum absolute atomic E-state index is 11.8. The second kappa shape index (κ2) is 6.75. The van der Waals surface area contributed by atoms with Crippen LogP contribution in [0.15, 0.2) is 30.4 Å². The lowest BCUT2D eigenvalue weighted by atomic mass is 10.1. The standard InChI is InChI=1S/C15H16N2O5/c1-21-11-4-3-10(9-12(11)22-2)7-8-16-15(20)17-13(18)5-6-14(17)19/h3-6,9H,7-8H2,1-2H3,(H,16,20). The van der Waals surface area contributed by atoms with Crippen LogP contribution in [0, 0.1) is 0 Å². The van der Waals surface area contributed by atoms with Crippen molar-refractivity contribution in [1.82, 2.24) is 10.2 Å². The zero-order valence-corrected chi connectivity index (χ0v) is 12.3. The van der Waals surface area contributed by atoms with Crippen LogP contribution < -0.4 is 14.8 Å². The molecule has 1 aliphatic heterocycles. The minimum absolute atomic E-state index is 0.283. The van der Waals surface area contributed by atoms with Crippen LogP contribution >= 0.6 is 0 Å². The Morgan fingerprint density at radius 2 is 1.73 bits per heavy atom. The number of amides is 4. The molecule has 7 heteroatoms. The third kappa shape index (κ3) is 3.25. The highest BCUT2D eigenvalue weighted by atomic mass is 16.5. The Hall–Kier alpha value is -2.83. The van der Waals surface area contributed by atoms with E-state index >= 15 is 0 Å². The number of imide groups is 3. The molecule has 0 bridgehead atoms. The fourth-order valence-corrected chi connectivity index (χ4v) is 2.03. The fraction of sp³-hybridized carbons (Fsp3) is 0.267. The van der Waals surface area contributed by atoms with E-state index in [-0.39, 0.29) is 6.54 Å². The minimum atomic E-state index is -0.722. The molecule has 0 fully saturated rings. The maximum Gasteiger partial charge on any atom is 0.331 e. The van der Waals surface area contributed by atoms with Crippen molar-refractivity contribution in [2.24, 2.45) is 0 Å². The van der Waals surface area contributed by atoms with Crippen LogP contribution in [0.2, 0.25) is 0 Å². The third-order valence-electron chi connectivity index (χ3n) is 3.15. The predicted octanol–water partition coefficient (Wildman–Crippen LogP) is 0.881. The summed E-state index contributed by atoms with van der Waals surface area (Å²) in [5.41, 5.74) is 0.926. The number of urea groups is 1. The number of hydrogen-bond acceptors (Lipinski definition) is 5. The highest BCUT2D eigenvalue weighted by molar-refractivity contribution is 6.22. The van der Waals surface area contributed by atoms with Crippen LogP contribution in [-0.2, 0) is 16.0 Å². The van der Waals surface area contributed by atoms with Crippen LogP contribution in [0.3, 0.4) is 0 Å². The molecule has 0 aliphatic carbocycles. The van der Waals surface area contributed by atoms with E-state index in [9.17, 15) is 14.4 Å². The molecule has 0 radical (unpaired) electrons. The van der Waals surface area contributed by atoms with E-state index in [1.54, 1.807) is 26.4 Å². The van der Waals surface area contributed by atoms with E-state index in [0.717, 1.165) is 17.7 Å². The van der Waals surface area contributed by atoms with Crippen LogP contribution in [0.25, 0.3) is 0 Å². The molecule has 0 atom stereocenters. The van der Waals surface area contributed by atoms with Crippen LogP contribution in [0.1, 0.15) is 5.56 Å². The van der Waals surface area contributed by atoms with Crippen LogP contribution in [0.4, 0.5) is 4.79 Å². The third-order valence-corrected chi connectivity index (χ3v) is 3.15. The monoisotopic (exact) mass is 304 g/mol. The number of carbonyl (C=O) groups excluding carboxylic acids is 3. The van der Waals surface area contributed by atoms with Crippen LogP contribution in [0.5, 0.6) is 11.5 Å². The first-order chi connectivity index (χ1) is 10.6. The highest BCUT2D eigenvalue weighted by Crippen LogP contribution is 2.27. The second-order valence-corrected chi connectivity index (χ2v) is 4.52. The Kier molecular flexibility index (Phi) is 4.77. The number of hydrogen-bond donors (Lipinski definition) is 1. The molecular formula is C15H16N2O5. The molecule has 0 unspecified atom stereocenters. The summed E-state index contributed by atoms with van der Waals surface area (Å²) in [4.78, 5) is 35.0. The molecule has 2 rings (SSSR count). The first-order valence-electron chi connectivity index (χ1n) is 6.61. The van der Waals surface area contributed by atoms with Crippen molar-refractivity contribution in [2.75, 3.05) is 20.8 Å². The Balaban J connectivity index is 1.90. The first-order valence-corrected chi connectivity index (χ1v) is 6.61. The number of benzene rings is 1. The largest absolute Gasteiger partial charge is 0.493 e. The number of nitrogens with zero attached hydrogens (tertiary/aromatic N) is 1. The SMILES string of the molecule is COc1ccc(CCNC(=O)N2C(=O)C=CC2=O)cc1OC. The highest BCUT2D eigenvalue weighted by Gasteiger charge is 2.29. The molecule has 0 aromatic heterocycles. The zero-order valence-electron chi connectivity index (χ0n) is 12.3. The molecule has 1 aliphatic rings. The zero-order chi connectivity index (χ0) is 16.1. The predicted molar refractivity (Wildman–Crippen MR) is 77.6 cm³/mol. The van der Waals surface area contributed by atoms with Gasteiger partial charge in [0, 0.05) is 18.7 Å². The minimum Gasteiger partial charge on any atom is -0.493 e. The van der Waals surface area contributed by atoms with Crippen molar-refractivity contribution < 1.29 is 23.9 Å². The van der Waals surface area contributed by atoms with Gasteiger partial charge in [0.1, 0.15) is 0 Å². The number of rotatable bonds is 5. The van der Waals surface area contributed by atoms with Gasteiger partial charge in [-0.25, -0.2) is 4.79 Å². The summed E-state index contributed by atoms with van der Waals surface area (Å²) in [7, 11) is 3.09. The molecule has 1 heterocycles. The molecule has 22 heavy (non-hydrogen) atoms. The van der Waals surface area contributed by atoms with Crippen molar-refractivity contribution in [3.63, 3.8) is 0 Å². The molecule has 0 saturated heterocycles. The van der Waals surface area contributed by atoms with E-state index < -0.39 is 17.8 Å². The Labute approximate surface area is 127 Å². The van der Waals surface area contributed by atoms with Crippen molar-refractivity contribution in [2.45, 2.75) is 6.42 Å². The number of carbonyl (C=O) groups is 3. The maximum atomic E-state index is 11.8. The molecule has 7 nitrogen and oxygen atoms in total. The van der Waals surface area contributed by atoms with Gasteiger partial charge in [0.25, 0.3) is 11.8 Å². The molecular weight excluding hydrogens is 288 g/mol. The van der Waals surface area contributed by atoms with Gasteiger partial charge >= 0.3 is 6.03 Å². The summed E-state index contributed by atoms with van der Waals surface area (Å²) < 4.78 is 10.3. The van der Waals surface area contributed by atoms with Gasteiger partial charge in [-0.3, -0.25) is 9.59 Å². The van der Waals surface area contributed by atoms with Gasteiger partial charge in [0.05, 0.1) is 14.2 Å². The van der Waals surface area contributed by atoms with Crippen LogP contribution in [-0.4, -0.2) is 43.5 Å². The summed E-state index contributed by atoms with van der Waals surface area (Å²) in [6.07, 6.45) is 2.66. The quantitative estimate of drug-likeness (QED) is 0.816. The Morgan fingerprint density at radius 1 is 1.09 bits per heavy atom. The second-order valence-electron chi connectivity index (χ2n) is 4.52. The lowest BCUT2D eigenvalue weighted by Gasteiger charge is -2.13. The van der Waals surface area contributed by atoms with E-state index in [4.69, 9.17) is 9.47 Å². The molecule has 1 aromatic carbocycles. The van der Waals surface area contributed by atoms with E-state index in [1.165, 1.54) is 0 Å². The number of ether oxygens (including phenoxy) is 2. The summed E-state index contributed by atoms with van der Waals surface area (Å²) in [6, 6.07) is 4.70. The molecule has 0 saturated carbocycles. The lowest BCUT2D eigenvalue weighted by Crippen LogP contribution is -2.44. The molecule has 1 N–H and O–H groups in total. The summed E-state index contributed by atoms with van der Waals surface area (Å²) in [5.74, 6) is -0.0442. The van der Waals surface area contributed by atoms with Gasteiger partial charge in [0.15, 0.2) is 11.5 Å². The molecule has 116 valence electrons. The average molecular weight is 304 g/mol. The van der Waals surface area contributed by atoms with Crippen molar-refractivity contribution in [3.05, 3.63) is 35.9 Å². The summed E-state index contributed by atoms with van der Waals surface area (Å²) >= 11 is 0. The van der Waals surface area contributed by atoms with Gasteiger partial charge < -0.3 is 14.8 Å². The van der Waals surface area contributed by atoms with Crippen molar-refractivity contribution >= 4 is 17.8 Å². The van der Waals surface area contributed by atoms with Crippen molar-refractivity contribution in [3.8, 4) is 11.5 Å². The summed E-state index contributed by atoms with van der Waals surface area (Å²) in [5, 5.41) is 2.53. The van der Waals surface area contributed by atoms with Gasteiger partial charge in [-0.15, -0.1) is 0 Å². The molecule has 4 amide bonds. The number of methoxy groups -OCH3 is 2. The topological polar surface area (TPSA) is 84.9 Å². The van der Waals surface area contributed by atoms with Gasteiger partial charge in [0.2, 0.25) is 0 Å². The molecule has 1 aromatic rings. The summed E-state index contributed by atoms with van der Waals surface area (Å²) in [6.45, 7) is 0.283. The average Bonchev–Trinajstić information content (AvgIpc) is 2.86. The van der Waals surface area contributed by atoms with Gasteiger partial charge in [-0.05, 0) is 24.1 Å². The van der Waals surface area contributed by atoms with Crippen molar-refractivity contribution in [1.29, 1.82) is 0 Å². The Morgan fingerprint density at radius 3 is 2.32 bits per heavy atom. The molecule has 0 spiro atoms. The lowest BCUT2D eigenvalue weighted by molar-refractivity contribution is -0.133. The van der Waals surface area contributed by atoms with E-state index in [2.05, 4.69) is 5.32 Å². The normalized spacial score (nSPS) is 13.5. The first kappa shape index (κ1) is 15.6. The van der Waals surface area contributed by atoms with Gasteiger partial charge in [-0.2, -0.15) is 4.90 Å². The van der Waals surface area contributed by atoms with E-state index in [0.29, 0.717) is 22.8 Å². The Bertz CT molecular complexity index is 621.